The molecule has 20 heavy (non-hydrogen) atoms. The molecular formula is C12H14N4O3S. The molecule has 1 atom stereocenters. The highest BCUT2D eigenvalue weighted by Crippen LogP contribution is 2.32. The first kappa shape index (κ1) is 13.2. The number of thiophene rings is 1. The van der Waals surface area contributed by atoms with Crippen LogP contribution in [-0.2, 0) is 4.74 Å². The number of amides is 1. The van der Waals surface area contributed by atoms with E-state index in [0.717, 1.165) is 5.39 Å². The summed E-state index contributed by atoms with van der Waals surface area (Å²) < 4.78 is 5.34. The summed E-state index contributed by atoms with van der Waals surface area (Å²) in [6.45, 7) is 1.18. The maximum atomic E-state index is 12.5. The standard InChI is InChI=1S/C12H14N4O3S/c13-9-8-1-2-14-15-11(8)20-10(9)12(18)16-3-4-19-7(5-16)6-17/h1-2,7,17H,3-6,13H2. The molecule has 3 heterocycles. The highest BCUT2D eigenvalue weighted by molar-refractivity contribution is 7.21. The van der Waals surface area contributed by atoms with Crippen LogP contribution in [0, 0.1) is 0 Å². The van der Waals surface area contributed by atoms with E-state index >= 15 is 0 Å². The van der Waals surface area contributed by atoms with Crippen molar-refractivity contribution in [3.8, 4) is 0 Å². The smallest absolute Gasteiger partial charge is 0.266 e. The topological polar surface area (TPSA) is 102 Å². The van der Waals surface area contributed by atoms with E-state index in [0.29, 0.717) is 35.1 Å². The number of aliphatic hydroxyl groups is 1. The summed E-state index contributed by atoms with van der Waals surface area (Å²) in [5.74, 6) is -0.146. The fourth-order valence-electron chi connectivity index (χ4n) is 2.19. The van der Waals surface area contributed by atoms with Crippen LogP contribution in [0.1, 0.15) is 9.67 Å². The van der Waals surface area contributed by atoms with Crippen molar-refractivity contribution in [1.29, 1.82) is 0 Å². The van der Waals surface area contributed by atoms with Gasteiger partial charge >= 0.3 is 0 Å². The molecule has 2 aromatic rings. The number of aromatic nitrogens is 2. The number of hydrogen-bond acceptors (Lipinski definition) is 7. The molecule has 2 aromatic heterocycles. The molecule has 1 unspecified atom stereocenters. The van der Waals surface area contributed by atoms with Gasteiger partial charge in [-0.1, -0.05) is 0 Å². The number of carbonyl (C=O) groups is 1. The third-order valence-electron chi connectivity index (χ3n) is 3.24. The van der Waals surface area contributed by atoms with E-state index in [-0.39, 0.29) is 18.6 Å². The Bertz CT molecular complexity index is 645. The van der Waals surface area contributed by atoms with Crippen LogP contribution in [0.4, 0.5) is 5.69 Å². The van der Waals surface area contributed by atoms with Crippen LogP contribution < -0.4 is 5.73 Å². The van der Waals surface area contributed by atoms with Crippen molar-refractivity contribution < 1.29 is 14.6 Å². The molecule has 0 spiro atoms. The van der Waals surface area contributed by atoms with E-state index in [9.17, 15) is 4.79 Å². The fourth-order valence-corrected chi connectivity index (χ4v) is 3.20. The number of hydrogen-bond donors (Lipinski definition) is 2. The van der Waals surface area contributed by atoms with Gasteiger partial charge in [0, 0.05) is 18.5 Å². The number of aliphatic hydroxyl groups excluding tert-OH is 1. The van der Waals surface area contributed by atoms with Crippen LogP contribution in [0.25, 0.3) is 10.2 Å². The van der Waals surface area contributed by atoms with Crippen molar-refractivity contribution in [3.63, 3.8) is 0 Å². The first-order valence-corrected chi connectivity index (χ1v) is 7.03. The van der Waals surface area contributed by atoms with Gasteiger partial charge in [0.15, 0.2) is 0 Å². The number of fused-ring (bicyclic) bond motifs is 1. The number of ether oxygens (including phenoxy) is 1. The Morgan fingerprint density at radius 1 is 1.65 bits per heavy atom. The molecule has 0 saturated carbocycles. The Hall–Kier alpha value is -1.77. The van der Waals surface area contributed by atoms with E-state index in [4.69, 9.17) is 15.6 Å². The molecule has 1 aliphatic heterocycles. The second kappa shape index (κ2) is 5.31. The Morgan fingerprint density at radius 2 is 2.50 bits per heavy atom. The Balaban J connectivity index is 1.90. The van der Waals surface area contributed by atoms with Crippen molar-refractivity contribution in [2.24, 2.45) is 0 Å². The first-order valence-electron chi connectivity index (χ1n) is 6.22. The molecule has 0 bridgehead atoms. The summed E-state index contributed by atoms with van der Waals surface area (Å²) >= 11 is 1.24. The molecule has 1 aliphatic rings. The van der Waals surface area contributed by atoms with E-state index in [1.807, 2.05) is 0 Å². The minimum Gasteiger partial charge on any atom is -0.397 e. The van der Waals surface area contributed by atoms with Crippen LogP contribution in [0.15, 0.2) is 12.3 Å². The molecule has 7 nitrogen and oxygen atoms in total. The van der Waals surface area contributed by atoms with E-state index in [2.05, 4.69) is 10.2 Å². The highest BCUT2D eigenvalue weighted by atomic mass is 32.1. The molecule has 3 N–H and O–H groups in total. The highest BCUT2D eigenvalue weighted by Gasteiger charge is 2.27. The summed E-state index contributed by atoms with van der Waals surface area (Å²) in [4.78, 5) is 15.3. The quantitative estimate of drug-likeness (QED) is 0.815. The van der Waals surface area contributed by atoms with Crippen LogP contribution in [0.5, 0.6) is 0 Å². The third kappa shape index (κ3) is 2.21. The van der Waals surface area contributed by atoms with E-state index in [1.54, 1.807) is 17.2 Å². The molecule has 106 valence electrons. The summed E-state index contributed by atoms with van der Waals surface area (Å²) in [7, 11) is 0. The Labute approximate surface area is 119 Å². The maximum Gasteiger partial charge on any atom is 0.266 e. The molecule has 0 aliphatic carbocycles. The van der Waals surface area contributed by atoms with Gasteiger partial charge in [0.05, 0.1) is 31.2 Å². The lowest BCUT2D eigenvalue weighted by Crippen LogP contribution is -2.46. The summed E-state index contributed by atoms with van der Waals surface area (Å²) in [5, 5.41) is 17.6. The lowest BCUT2D eigenvalue weighted by molar-refractivity contribution is -0.0445. The molecule has 1 amide bonds. The number of morpholine rings is 1. The monoisotopic (exact) mass is 294 g/mol. The van der Waals surface area contributed by atoms with Crippen LogP contribution in [0.3, 0.4) is 0 Å². The fraction of sp³-hybridized carbons (Fsp3) is 0.417. The van der Waals surface area contributed by atoms with Gasteiger partial charge in [-0.25, -0.2) is 0 Å². The number of rotatable bonds is 2. The van der Waals surface area contributed by atoms with Crippen LogP contribution >= 0.6 is 11.3 Å². The van der Waals surface area contributed by atoms with Crippen molar-refractivity contribution in [2.75, 3.05) is 32.0 Å². The number of carbonyl (C=O) groups excluding carboxylic acids is 1. The van der Waals surface area contributed by atoms with Gasteiger partial charge in [-0.05, 0) is 6.07 Å². The molecule has 0 radical (unpaired) electrons. The van der Waals surface area contributed by atoms with Crippen molar-refractivity contribution >= 4 is 33.1 Å². The summed E-state index contributed by atoms with van der Waals surface area (Å²) in [5.41, 5.74) is 6.47. The van der Waals surface area contributed by atoms with Gasteiger partial charge in [0.2, 0.25) is 0 Å². The largest absolute Gasteiger partial charge is 0.397 e. The average Bonchev–Trinajstić information content (AvgIpc) is 2.84. The Kier molecular flexibility index (Phi) is 3.51. The minimum absolute atomic E-state index is 0.100. The van der Waals surface area contributed by atoms with Crippen LogP contribution in [-0.4, -0.2) is 58.5 Å². The summed E-state index contributed by atoms with van der Waals surface area (Å²) in [6, 6.07) is 1.75. The minimum atomic E-state index is -0.330. The third-order valence-corrected chi connectivity index (χ3v) is 4.34. The second-order valence-corrected chi connectivity index (χ2v) is 5.52. The zero-order valence-corrected chi connectivity index (χ0v) is 11.5. The van der Waals surface area contributed by atoms with Gasteiger partial charge in [-0.3, -0.25) is 4.79 Å². The van der Waals surface area contributed by atoms with Gasteiger partial charge in [0.25, 0.3) is 5.91 Å². The van der Waals surface area contributed by atoms with E-state index < -0.39 is 0 Å². The summed E-state index contributed by atoms with van der Waals surface area (Å²) in [6.07, 6.45) is 1.22. The van der Waals surface area contributed by atoms with Crippen molar-refractivity contribution in [1.82, 2.24) is 15.1 Å². The second-order valence-electron chi connectivity index (χ2n) is 4.52. The van der Waals surface area contributed by atoms with Crippen molar-refractivity contribution in [2.45, 2.75) is 6.10 Å². The first-order chi connectivity index (χ1) is 9.70. The predicted molar refractivity (Wildman–Crippen MR) is 74.6 cm³/mol. The van der Waals surface area contributed by atoms with Gasteiger partial charge in [0.1, 0.15) is 9.71 Å². The lowest BCUT2D eigenvalue weighted by atomic mass is 10.2. The molecule has 8 heteroatoms. The predicted octanol–water partition coefficient (Wildman–Crippen LogP) is 0.107. The zero-order valence-electron chi connectivity index (χ0n) is 10.7. The SMILES string of the molecule is Nc1c(C(=O)N2CCOC(CO)C2)sc2nnccc12. The number of nitrogens with two attached hydrogens (primary N) is 1. The molecule has 0 aromatic carbocycles. The van der Waals surface area contributed by atoms with E-state index in [1.165, 1.54) is 11.3 Å². The normalized spacial score (nSPS) is 19.4. The molecular weight excluding hydrogens is 280 g/mol. The molecule has 1 fully saturated rings. The lowest BCUT2D eigenvalue weighted by Gasteiger charge is -2.31. The number of anilines is 1. The number of nitrogen functional groups attached to an aromatic ring is 1. The van der Waals surface area contributed by atoms with Crippen molar-refractivity contribution in [3.05, 3.63) is 17.1 Å². The maximum absolute atomic E-state index is 12.5. The average molecular weight is 294 g/mol. The molecule has 1 saturated heterocycles. The van der Waals surface area contributed by atoms with Gasteiger partial charge < -0.3 is 20.5 Å². The van der Waals surface area contributed by atoms with Crippen LogP contribution in [0.2, 0.25) is 0 Å². The van der Waals surface area contributed by atoms with Gasteiger partial charge in [-0.15, -0.1) is 16.4 Å². The van der Waals surface area contributed by atoms with Gasteiger partial charge in [-0.2, -0.15) is 5.10 Å². The number of nitrogens with zero attached hydrogens (tertiary/aromatic N) is 3. The Morgan fingerprint density at radius 3 is 3.25 bits per heavy atom. The molecule has 3 rings (SSSR count). The zero-order chi connectivity index (χ0) is 14.1.